The molecule has 1 aliphatic heterocycles. The first-order chi connectivity index (χ1) is 13.1. The van der Waals surface area contributed by atoms with E-state index in [0.29, 0.717) is 25.3 Å². The zero-order valence-corrected chi connectivity index (χ0v) is 16.2. The van der Waals surface area contributed by atoms with Gasteiger partial charge < -0.3 is 14.4 Å². The van der Waals surface area contributed by atoms with E-state index in [1.165, 1.54) is 12.1 Å². The van der Waals surface area contributed by atoms with Crippen molar-refractivity contribution in [3.05, 3.63) is 52.7 Å². The second-order valence-electron chi connectivity index (χ2n) is 7.02. The van der Waals surface area contributed by atoms with Crippen LogP contribution in [0.25, 0.3) is 0 Å². The Balaban J connectivity index is 1.57. The minimum Gasteiger partial charge on any atom is -0.487 e. The molecule has 0 bridgehead atoms. The number of carbonyl (C=O) groups is 1. The molecule has 0 unspecified atom stereocenters. The van der Waals surface area contributed by atoms with Crippen molar-refractivity contribution in [3.63, 3.8) is 0 Å². The van der Waals surface area contributed by atoms with E-state index in [4.69, 9.17) is 16.3 Å². The molecule has 1 aromatic carbocycles. The molecule has 1 aromatic heterocycles. The molecule has 1 fully saturated rings. The number of pyridine rings is 1. The van der Waals surface area contributed by atoms with Crippen LogP contribution in [0, 0.1) is 0 Å². The number of carbonyl (C=O) groups excluding carboxylic acids is 1. The fraction of sp³-hybridized carbons (Fsp3) is 0.400. The zero-order chi connectivity index (χ0) is 20.5. The van der Waals surface area contributed by atoms with Crippen LogP contribution in [0.5, 0.6) is 5.75 Å². The van der Waals surface area contributed by atoms with Gasteiger partial charge in [-0.2, -0.15) is 13.2 Å². The zero-order valence-electron chi connectivity index (χ0n) is 15.5. The van der Waals surface area contributed by atoms with E-state index >= 15 is 0 Å². The van der Waals surface area contributed by atoms with E-state index in [9.17, 15) is 18.0 Å². The van der Waals surface area contributed by atoms with Gasteiger partial charge in [0.05, 0.1) is 18.1 Å². The van der Waals surface area contributed by atoms with Crippen LogP contribution < -0.4 is 9.64 Å². The summed E-state index contributed by atoms with van der Waals surface area (Å²) in [5, 5.41) is -0.413. The van der Waals surface area contributed by atoms with Crippen LogP contribution in [0.15, 0.2) is 36.4 Å². The number of alkyl halides is 3. The molecule has 150 valence electrons. The standard InChI is InChI=1S/C20H20ClF3N2O2/c1-12(9-13(2)27)14-3-5-15(6-4-14)28-16-10-26(11-16)18-8-7-17(21)19(25-18)20(22,23)24/h3-8,12,16H,9-11H2,1-2H3/t12-/m1/s1. The molecule has 2 aromatic rings. The monoisotopic (exact) mass is 412 g/mol. The number of Topliss-reactive ketones (excluding diaryl/α,β-unsaturated/α-hetero) is 1. The number of benzene rings is 1. The maximum absolute atomic E-state index is 12.9. The molecule has 3 rings (SSSR count). The van der Waals surface area contributed by atoms with Crippen molar-refractivity contribution in [2.24, 2.45) is 0 Å². The Kier molecular flexibility index (Phi) is 5.84. The first kappa shape index (κ1) is 20.5. The molecule has 0 aliphatic carbocycles. The topological polar surface area (TPSA) is 42.4 Å². The van der Waals surface area contributed by atoms with E-state index in [1.54, 1.807) is 11.8 Å². The Bertz CT molecular complexity index is 850. The van der Waals surface area contributed by atoms with Gasteiger partial charge in [-0.15, -0.1) is 0 Å². The first-order valence-corrected chi connectivity index (χ1v) is 9.26. The predicted octanol–water partition coefficient (Wildman–Crippen LogP) is 5.10. The second-order valence-corrected chi connectivity index (χ2v) is 7.43. The predicted molar refractivity (Wildman–Crippen MR) is 101 cm³/mol. The van der Waals surface area contributed by atoms with Gasteiger partial charge in [0.1, 0.15) is 23.5 Å². The summed E-state index contributed by atoms with van der Waals surface area (Å²) in [5.74, 6) is 1.20. The molecule has 0 spiro atoms. The van der Waals surface area contributed by atoms with Crippen molar-refractivity contribution in [1.29, 1.82) is 0 Å². The molecule has 4 nitrogen and oxygen atoms in total. The number of rotatable bonds is 6. The first-order valence-electron chi connectivity index (χ1n) is 8.88. The van der Waals surface area contributed by atoms with Gasteiger partial charge in [0.25, 0.3) is 0 Å². The summed E-state index contributed by atoms with van der Waals surface area (Å²) in [6.45, 7) is 4.45. The number of aromatic nitrogens is 1. The molecule has 0 amide bonds. The summed E-state index contributed by atoms with van der Waals surface area (Å²) >= 11 is 5.60. The molecule has 0 N–H and O–H groups in total. The molecule has 0 saturated carbocycles. The Morgan fingerprint density at radius 3 is 2.46 bits per heavy atom. The van der Waals surface area contributed by atoms with Crippen LogP contribution in [-0.4, -0.2) is 30.0 Å². The van der Waals surface area contributed by atoms with Crippen molar-refractivity contribution >= 4 is 23.2 Å². The number of nitrogens with zero attached hydrogens (tertiary/aromatic N) is 2. The lowest BCUT2D eigenvalue weighted by atomic mass is 9.96. The van der Waals surface area contributed by atoms with Crippen molar-refractivity contribution in [2.75, 3.05) is 18.0 Å². The highest BCUT2D eigenvalue weighted by molar-refractivity contribution is 6.31. The Hall–Kier alpha value is -2.28. The normalized spacial score (nSPS) is 15.9. The summed E-state index contributed by atoms with van der Waals surface area (Å²) in [6, 6.07) is 10.2. The molecule has 1 atom stereocenters. The van der Waals surface area contributed by atoms with Crippen molar-refractivity contribution in [1.82, 2.24) is 4.98 Å². The number of halogens is 4. The molecule has 1 aliphatic rings. The summed E-state index contributed by atoms with van der Waals surface area (Å²) in [5.41, 5.74) is -0.0193. The Morgan fingerprint density at radius 2 is 1.89 bits per heavy atom. The average Bonchev–Trinajstić information content (AvgIpc) is 2.57. The van der Waals surface area contributed by atoms with Gasteiger partial charge in [-0.1, -0.05) is 30.7 Å². The Labute approximate surface area is 166 Å². The number of hydrogen-bond donors (Lipinski definition) is 0. The molecular formula is C20H20ClF3N2O2. The quantitative estimate of drug-likeness (QED) is 0.661. The van der Waals surface area contributed by atoms with Gasteiger partial charge in [-0.3, -0.25) is 0 Å². The highest BCUT2D eigenvalue weighted by Gasteiger charge is 2.37. The van der Waals surface area contributed by atoms with Crippen LogP contribution in [0.4, 0.5) is 19.0 Å². The maximum atomic E-state index is 12.9. The van der Waals surface area contributed by atoms with Crippen LogP contribution in [0.2, 0.25) is 5.02 Å². The van der Waals surface area contributed by atoms with Crippen LogP contribution in [-0.2, 0) is 11.0 Å². The average molecular weight is 413 g/mol. The number of hydrogen-bond acceptors (Lipinski definition) is 4. The lowest BCUT2D eigenvalue weighted by Crippen LogP contribution is -2.54. The third-order valence-electron chi connectivity index (χ3n) is 4.62. The van der Waals surface area contributed by atoms with Gasteiger partial charge in [0, 0.05) is 6.42 Å². The van der Waals surface area contributed by atoms with Crippen molar-refractivity contribution in [3.8, 4) is 5.75 Å². The van der Waals surface area contributed by atoms with E-state index in [0.717, 1.165) is 5.56 Å². The van der Waals surface area contributed by atoms with Gasteiger partial charge in [-0.05, 0) is 42.7 Å². The molecule has 28 heavy (non-hydrogen) atoms. The van der Waals surface area contributed by atoms with E-state index in [1.807, 2.05) is 31.2 Å². The fourth-order valence-electron chi connectivity index (χ4n) is 3.12. The Morgan fingerprint density at radius 1 is 1.25 bits per heavy atom. The number of ketones is 1. The van der Waals surface area contributed by atoms with Crippen LogP contribution >= 0.6 is 11.6 Å². The second kappa shape index (κ2) is 7.99. The lowest BCUT2D eigenvalue weighted by molar-refractivity contribution is -0.141. The summed E-state index contributed by atoms with van der Waals surface area (Å²) in [4.78, 5) is 16.6. The molecule has 0 radical (unpaired) electrons. The number of ether oxygens (including phenoxy) is 1. The number of anilines is 1. The SMILES string of the molecule is CC(=O)C[C@@H](C)c1ccc(OC2CN(c3ccc(Cl)c(C(F)(F)F)n3)C2)cc1. The van der Waals surface area contributed by atoms with Gasteiger partial charge in [0.15, 0.2) is 5.69 Å². The largest absolute Gasteiger partial charge is 0.487 e. The third kappa shape index (κ3) is 4.76. The van der Waals surface area contributed by atoms with Gasteiger partial charge >= 0.3 is 6.18 Å². The van der Waals surface area contributed by atoms with Crippen molar-refractivity contribution in [2.45, 2.75) is 38.5 Å². The summed E-state index contributed by atoms with van der Waals surface area (Å²) < 4.78 is 44.6. The van der Waals surface area contributed by atoms with E-state index in [-0.39, 0.29) is 23.6 Å². The maximum Gasteiger partial charge on any atom is 0.434 e. The van der Waals surface area contributed by atoms with E-state index < -0.39 is 16.9 Å². The van der Waals surface area contributed by atoms with Gasteiger partial charge in [-0.25, -0.2) is 4.98 Å². The van der Waals surface area contributed by atoms with Crippen LogP contribution in [0.3, 0.4) is 0 Å². The molecular weight excluding hydrogens is 393 g/mol. The van der Waals surface area contributed by atoms with E-state index in [2.05, 4.69) is 4.98 Å². The summed E-state index contributed by atoms with van der Waals surface area (Å²) in [7, 11) is 0. The minimum atomic E-state index is -4.59. The smallest absolute Gasteiger partial charge is 0.434 e. The summed E-state index contributed by atoms with van der Waals surface area (Å²) in [6.07, 6.45) is -4.23. The fourth-order valence-corrected chi connectivity index (χ4v) is 3.34. The highest BCUT2D eigenvalue weighted by atomic mass is 35.5. The molecule has 1 saturated heterocycles. The molecule has 2 heterocycles. The van der Waals surface area contributed by atoms with Crippen LogP contribution in [0.1, 0.15) is 37.4 Å². The highest BCUT2D eigenvalue weighted by Crippen LogP contribution is 2.35. The minimum absolute atomic E-state index is 0.132. The van der Waals surface area contributed by atoms with Crippen molar-refractivity contribution < 1.29 is 22.7 Å². The van der Waals surface area contributed by atoms with Gasteiger partial charge in [0.2, 0.25) is 0 Å². The lowest BCUT2D eigenvalue weighted by Gasteiger charge is -2.40. The third-order valence-corrected chi connectivity index (χ3v) is 4.92. The molecule has 8 heteroatoms.